The molecule has 0 N–H and O–H groups in total. The van der Waals surface area contributed by atoms with Crippen LogP contribution in [0.25, 0.3) is 5.76 Å². The van der Waals surface area contributed by atoms with Crippen LogP contribution >= 0.6 is 54.2 Å². The van der Waals surface area contributed by atoms with E-state index in [0.29, 0.717) is 0 Å². The van der Waals surface area contributed by atoms with Crippen LogP contribution in [-0.4, -0.2) is 14.2 Å². The second-order valence-electron chi connectivity index (χ2n) is 3.24. The number of benzene rings is 1. The van der Waals surface area contributed by atoms with Crippen LogP contribution in [0, 0.1) is 0 Å². The number of hydrogen-bond acceptors (Lipinski definition) is 6. The Morgan fingerprint density at radius 3 is 2.05 bits per heavy atom. The zero-order valence-corrected chi connectivity index (χ0v) is 14.6. The molecule has 0 aliphatic carbocycles. The van der Waals surface area contributed by atoms with Crippen molar-refractivity contribution in [2.75, 3.05) is 14.2 Å². The molecule has 1 rings (SSSR count). The highest BCUT2D eigenvalue weighted by Gasteiger charge is 2.33. The molecule has 0 heterocycles. The second-order valence-corrected chi connectivity index (χ2v) is 6.06. The van der Waals surface area contributed by atoms with Crippen LogP contribution in [0.1, 0.15) is 5.56 Å². The quantitative estimate of drug-likeness (QED) is 0.200. The molecule has 0 radical (unpaired) electrons. The van der Waals surface area contributed by atoms with Crippen molar-refractivity contribution < 1.29 is 28.2 Å². The van der Waals surface area contributed by atoms with Gasteiger partial charge in [0.25, 0.3) is 0 Å². The maximum absolute atomic E-state index is 12.1. The van der Waals surface area contributed by atoms with Crippen LogP contribution in [0.15, 0.2) is 17.7 Å². The minimum absolute atomic E-state index is 0.151. The van der Waals surface area contributed by atoms with Crippen molar-refractivity contribution >= 4 is 60.0 Å². The average Bonchev–Trinajstić information content (AvgIpc) is 2.41. The normalized spacial score (nSPS) is 12.6. The summed E-state index contributed by atoms with van der Waals surface area (Å²) in [5.41, 5.74) is 1.16. The number of hydrogen-bond donors (Lipinski definition) is 0. The fourth-order valence-corrected chi connectivity index (χ4v) is 2.89. The van der Waals surface area contributed by atoms with Gasteiger partial charge in [0.15, 0.2) is 5.76 Å². The molecule has 0 aromatic heterocycles. The number of phosphoric acid groups is 1. The smallest absolute Gasteiger partial charge is 0.399 e. The Bertz CT molecular complexity index is 569. The van der Waals surface area contributed by atoms with E-state index < -0.39 is 7.82 Å². The highest BCUT2D eigenvalue weighted by atomic mass is 35.5. The highest BCUT2D eigenvalue weighted by Crippen LogP contribution is 2.53. The van der Waals surface area contributed by atoms with E-state index >= 15 is 0 Å². The molecule has 0 spiro atoms. The van der Waals surface area contributed by atoms with E-state index in [0.717, 1.165) is 19.8 Å². The van der Waals surface area contributed by atoms with Crippen molar-refractivity contribution in [2.24, 2.45) is 0 Å². The highest BCUT2D eigenvalue weighted by molar-refractivity contribution is 7.48. The predicted octanol–water partition coefficient (Wildman–Crippen LogP) is 5.46. The minimum atomic E-state index is -4.24. The molecule has 0 saturated carbocycles. The lowest BCUT2D eigenvalue weighted by molar-refractivity contribution is -0.255. The van der Waals surface area contributed by atoms with Crippen molar-refractivity contribution in [2.45, 2.75) is 0 Å². The first-order valence-corrected chi connectivity index (χ1v) is 8.09. The molecular formula is C10H9Cl4O6P. The largest absolute Gasteiger partial charge is 0.585 e. The third kappa shape index (κ3) is 5.28. The van der Waals surface area contributed by atoms with Crippen LogP contribution in [0.5, 0.6) is 0 Å². The van der Waals surface area contributed by atoms with E-state index in [1.54, 1.807) is 0 Å². The molecule has 0 bridgehead atoms. The molecule has 0 unspecified atom stereocenters. The van der Waals surface area contributed by atoms with Gasteiger partial charge in [-0.2, -0.15) is 0 Å². The van der Waals surface area contributed by atoms with Crippen molar-refractivity contribution in [3.05, 3.63) is 38.3 Å². The third-order valence-electron chi connectivity index (χ3n) is 1.92. The fourth-order valence-electron chi connectivity index (χ4n) is 1.19. The Balaban J connectivity index is 3.15. The summed E-state index contributed by atoms with van der Waals surface area (Å²) in [4.78, 5) is 8.54. The van der Waals surface area contributed by atoms with Gasteiger partial charge < -0.3 is 4.52 Å². The lowest BCUT2D eigenvalue weighted by atomic mass is 10.2. The molecule has 0 aliphatic heterocycles. The Morgan fingerprint density at radius 1 is 1.05 bits per heavy atom. The first-order chi connectivity index (χ1) is 9.86. The summed E-state index contributed by atoms with van der Waals surface area (Å²) in [5.74, 6) is -0.155. The van der Waals surface area contributed by atoms with E-state index in [1.807, 2.05) is 0 Å². The molecule has 0 aliphatic rings. The Kier molecular flexibility index (Phi) is 7.78. The van der Waals surface area contributed by atoms with Gasteiger partial charge in [0.2, 0.25) is 0 Å². The lowest BCUT2D eigenvalue weighted by Gasteiger charge is -2.17. The van der Waals surface area contributed by atoms with Crippen molar-refractivity contribution in [3.63, 3.8) is 0 Å². The van der Waals surface area contributed by atoms with Gasteiger partial charge >= 0.3 is 7.82 Å². The van der Waals surface area contributed by atoms with Gasteiger partial charge in [0.1, 0.15) is 0 Å². The number of halogens is 4. The van der Waals surface area contributed by atoms with Gasteiger partial charge in [-0.05, 0) is 12.1 Å². The van der Waals surface area contributed by atoms with Crippen LogP contribution in [0.2, 0.25) is 15.1 Å². The zero-order chi connectivity index (χ0) is 16.0. The van der Waals surface area contributed by atoms with Gasteiger partial charge in [-0.25, -0.2) is 14.3 Å². The van der Waals surface area contributed by atoms with Crippen LogP contribution in [0.3, 0.4) is 0 Å². The molecule has 0 saturated heterocycles. The van der Waals surface area contributed by atoms with E-state index in [1.165, 1.54) is 12.1 Å². The van der Waals surface area contributed by atoms with Gasteiger partial charge in [-0.3, -0.25) is 0 Å². The SMILES string of the molecule is COOP(=O)(OOC)O/C(=C\Cl)c1cc(Cl)c(Cl)cc1Cl. The maximum atomic E-state index is 12.1. The molecule has 0 fully saturated rings. The first-order valence-electron chi connectivity index (χ1n) is 5.06. The van der Waals surface area contributed by atoms with Crippen LogP contribution in [0.4, 0.5) is 0 Å². The maximum Gasteiger partial charge on any atom is 0.585 e. The monoisotopic (exact) mass is 396 g/mol. The van der Waals surface area contributed by atoms with Gasteiger partial charge in [-0.15, -0.1) is 9.35 Å². The van der Waals surface area contributed by atoms with Crippen molar-refractivity contribution in [3.8, 4) is 0 Å². The van der Waals surface area contributed by atoms with E-state index in [-0.39, 0.29) is 26.4 Å². The zero-order valence-electron chi connectivity index (χ0n) is 10.6. The Morgan fingerprint density at radius 2 is 1.57 bits per heavy atom. The molecule has 0 amide bonds. The molecule has 21 heavy (non-hydrogen) atoms. The standard InChI is InChI=1S/C10H9Cl4O6P/c1-16-19-21(15,20-17-2)18-10(5-11)6-3-8(13)9(14)4-7(6)12/h3-5H,1-2H3/b10-5-. The molecule has 11 heteroatoms. The summed E-state index contributed by atoms with van der Waals surface area (Å²) in [5, 5.41) is 0.562. The number of rotatable bonds is 7. The first kappa shape index (κ1) is 19.0. The van der Waals surface area contributed by atoms with E-state index in [2.05, 4.69) is 19.1 Å². The predicted molar refractivity (Wildman–Crippen MR) is 80.2 cm³/mol. The average molecular weight is 398 g/mol. The van der Waals surface area contributed by atoms with Crippen molar-refractivity contribution in [1.29, 1.82) is 0 Å². The summed E-state index contributed by atoms with van der Waals surface area (Å²) in [6.07, 6.45) is 0. The minimum Gasteiger partial charge on any atom is -0.399 e. The Labute approximate surface area is 140 Å². The molecule has 1 aromatic carbocycles. The van der Waals surface area contributed by atoms with Gasteiger partial charge in [0.05, 0.1) is 29.3 Å². The van der Waals surface area contributed by atoms with Crippen LogP contribution < -0.4 is 0 Å². The summed E-state index contributed by atoms with van der Waals surface area (Å²) in [6.45, 7) is 0. The molecule has 1 aromatic rings. The van der Waals surface area contributed by atoms with Gasteiger partial charge in [-0.1, -0.05) is 46.4 Å². The fraction of sp³-hybridized carbons (Fsp3) is 0.200. The lowest BCUT2D eigenvalue weighted by Crippen LogP contribution is -2.00. The molecule has 118 valence electrons. The summed E-state index contributed by atoms with van der Waals surface area (Å²) in [6, 6.07) is 2.73. The summed E-state index contributed by atoms with van der Waals surface area (Å²) >= 11 is 23.3. The van der Waals surface area contributed by atoms with Crippen molar-refractivity contribution in [1.82, 2.24) is 0 Å². The second kappa shape index (κ2) is 8.58. The van der Waals surface area contributed by atoms with Gasteiger partial charge in [0, 0.05) is 11.1 Å². The topological polar surface area (TPSA) is 63.2 Å². The summed E-state index contributed by atoms with van der Waals surface area (Å²) in [7, 11) is -2.03. The molecular weight excluding hydrogens is 389 g/mol. The van der Waals surface area contributed by atoms with E-state index in [9.17, 15) is 4.57 Å². The molecule has 6 nitrogen and oxygen atoms in total. The van der Waals surface area contributed by atoms with E-state index in [4.69, 9.17) is 50.9 Å². The van der Waals surface area contributed by atoms with Crippen LogP contribution in [-0.2, 0) is 28.2 Å². The Hall–Kier alpha value is -0.0100. The third-order valence-corrected chi connectivity index (χ3v) is 4.23. The molecule has 0 atom stereocenters. The summed E-state index contributed by atoms with van der Waals surface area (Å²) < 4.78 is 25.9.